The first-order chi connectivity index (χ1) is 7.31. The standard InChI is InChI=1S/C11H14N2O2/c1-14-11(15-2)9(8-12)7-10-5-3-4-6-13-10/h3-6,9,11H,7H2,1-2H3. The van der Waals surface area contributed by atoms with Gasteiger partial charge in [-0.25, -0.2) is 0 Å². The van der Waals surface area contributed by atoms with E-state index in [0.29, 0.717) is 6.42 Å². The molecule has 0 saturated heterocycles. The third-order valence-corrected chi connectivity index (χ3v) is 2.11. The summed E-state index contributed by atoms with van der Waals surface area (Å²) in [5, 5.41) is 8.98. The van der Waals surface area contributed by atoms with Gasteiger partial charge in [0.2, 0.25) is 0 Å². The second-order valence-electron chi connectivity index (χ2n) is 3.10. The van der Waals surface area contributed by atoms with Crippen LogP contribution in [0.25, 0.3) is 0 Å². The molecule has 0 saturated carbocycles. The molecule has 15 heavy (non-hydrogen) atoms. The van der Waals surface area contributed by atoms with Crippen molar-refractivity contribution in [3.63, 3.8) is 0 Å². The van der Waals surface area contributed by atoms with Crippen LogP contribution in [0.4, 0.5) is 0 Å². The highest BCUT2D eigenvalue weighted by molar-refractivity contribution is 5.07. The molecule has 1 aromatic rings. The van der Waals surface area contributed by atoms with Gasteiger partial charge in [-0.05, 0) is 12.1 Å². The minimum Gasteiger partial charge on any atom is -0.354 e. The molecule has 0 spiro atoms. The first-order valence-electron chi connectivity index (χ1n) is 4.67. The van der Waals surface area contributed by atoms with E-state index in [-0.39, 0.29) is 5.92 Å². The molecule has 1 aromatic heterocycles. The summed E-state index contributed by atoms with van der Waals surface area (Å²) >= 11 is 0. The van der Waals surface area contributed by atoms with Crippen molar-refractivity contribution in [3.8, 4) is 6.07 Å². The average Bonchev–Trinajstić information content (AvgIpc) is 2.30. The Balaban J connectivity index is 2.66. The maximum atomic E-state index is 8.98. The van der Waals surface area contributed by atoms with Crippen molar-refractivity contribution in [2.24, 2.45) is 5.92 Å². The third-order valence-electron chi connectivity index (χ3n) is 2.11. The largest absolute Gasteiger partial charge is 0.354 e. The molecule has 0 aromatic carbocycles. The molecule has 80 valence electrons. The molecule has 1 heterocycles. The molecule has 0 N–H and O–H groups in total. The molecule has 0 fully saturated rings. The zero-order valence-electron chi connectivity index (χ0n) is 8.88. The fourth-order valence-corrected chi connectivity index (χ4v) is 1.37. The van der Waals surface area contributed by atoms with Gasteiger partial charge in [0, 0.05) is 32.5 Å². The molecule has 0 aliphatic carbocycles. The first kappa shape index (κ1) is 11.6. The van der Waals surface area contributed by atoms with Crippen LogP contribution in [0.15, 0.2) is 24.4 Å². The Morgan fingerprint density at radius 1 is 1.40 bits per heavy atom. The second-order valence-corrected chi connectivity index (χ2v) is 3.10. The summed E-state index contributed by atoms with van der Waals surface area (Å²) in [5.74, 6) is -0.338. The smallest absolute Gasteiger partial charge is 0.172 e. The monoisotopic (exact) mass is 206 g/mol. The highest BCUT2D eigenvalue weighted by Gasteiger charge is 2.21. The summed E-state index contributed by atoms with van der Waals surface area (Å²) < 4.78 is 10.1. The molecule has 1 rings (SSSR count). The van der Waals surface area contributed by atoms with Gasteiger partial charge in [0.1, 0.15) is 5.92 Å². The number of aromatic nitrogens is 1. The quantitative estimate of drug-likeness (QED) is 0.683. The Morgan fingerprint density at radius 2 is 2.13 bits per heavy atom. The van der Waals surface area contributed by atoms with Crippen molar-refractivity contribution in [2.75, 3.05) is 14.2 Å². The van der Waals surface area contributed by atoms with Crippen molar-refractivity contribution in [2.45, 2.75) is 12.7 Å². The molecule has 0 amide bonds. The van der Waals surface area contributed by atoms with Gasteiger partial charge in [0.15, 0.2) is 6.29 Å². The van der Waals surface area contributed by atoms with E-state index in [4.69, 9.17) is 14.7 Å². The lowest BCUT2D eigenvalue weighted by Gasteiger charge is -2.18. The van der Waals surface area contributed by atoms with Crippen LogP contribution in [0.2, 0.25) is 0 Å². The normalized spacial score (nSPS) is 12.4. The summed E-state index contributed by atoms with van der Waals surface area (Å²) in [5.41, 5.74) is 0.864. The van der Waals surface area contributed by atoms with Crippen LogP contribution in [0.3, 0.4) is 0 Å². The minimum atomic E-state index is -0.503. The van der Waals surface area contributed by atoms with Crippen molar-refractivity contribution in [1.29, 1.82) is 5.26 Å². The van der Waals surface area contributed by atoms with Crippen LogP contribution in [-0.4, -0.2) is 25.5 Å². The van der Waals surface area contributed by atoms with E-state index < -0.39 is 6.29 Å². The number of nitriles is 1. The SMILES string of the molecule is COC(OC)C(C#N)Cc1ccccn1. The number of hydrogen-bond donors (Lipinski definition) is 0. The van der Waals surface area contributed by atoms with E-state index in [1.54, 1.807) is 6.20 Å². The van der Waals surface area contributed by atoms with Gasteiger partial charge in [-0.2, -0.15) is 5.26 Å². The molecule has 1 atom stereocenters. The van der Waals surface area contributed by atoms with Crippen LogP contribution in [0.1, 0.15) is 5.69 Å². The summed E-state index contributed by atoms with van der Waals surface area (Å²) in [6.45, 7) is 0. The van der Waals surface area contributed by atoms with Crippen molar-refractivity contribution < 1.29 is 9.47 Å². The lowest BCUT2D eigenvalue weighted by atomic mass is 10.0. The predicted octanol–water partition coefficient (Wildman–Crippen LogP) is 1.38. The van der Waals surface area contributed by atoms with Gasteiger partial charge in [-0.1, -0.05) is 6.07 Å². The molecule has 0 aliphatic heterocycles. The Labute approximate surface area is 89.5 Å². The number of pyridine rings is 1. The fourth-order valence-electron chi connectivity index (χ4n) is 1.37. The summed E-state index contributed by atoms with van der Waals surface area (Å²) in [6, 6.07) is 7.78. The molecule has 0 radical (unpaired) electrons. The second kappa shape index (κ2) is 6.12. The third kappa shape index (κ3) is 3.31. The first-order valence-corrected chi connectivity index (χ1v) is 4.67. The minimum absolute atomic E-state index is 0.338. The number of methoxy groups -OCH3 is 2. The lowest BCUT2D eigenvalue weighted by Crippen LogP contribution is -2.25. The van der Waals surface area contributed by atoms with E-state index in [9.17, 15) is 0 Å². The maximum Gasteiger partial charge on any atom is 0.172 e. The summed E-state index contributed by atoms with van der Waals surface area (Å²) in [4.78, 5) is 4.16. The number of ether oxygens (including phenoxy) is 2. The Hall–Kier alpha value is -1.44. The van der Waals surface area contributed by atoms with E-state index in [2.05, 4.69) is 11.1 Å². The Morgan fingerprint density at radius 3 is 2.60 bits per heavy atom. The van der Waals surface area contributed by atoms with Gasteiger partial charge in [-0.15, -0.1) is 0 Å². The summed E-state index contributed by atoms with van der Waals surface area (Å²) in [7, 11) is 3.05. The van der Waals surface area contributed by atoms with E-state index >= 15 is 0 Å². The Bertz CT molecular complexity index is 317. The maximum absolute atomic E-state index is 8.98. The topological polar surface area (TPSA) is 55.1 Å². The van der Waals surface area contributed by atoms with Gasteiger partial charge < -0.3 is 9.47 Å². The van der Waals surface area contributed by atoms with Gasteiger partial charge in [0.25, 0.3) is 0 Å². The zero-order valence-corrected chi connectivity index (χ0v) is 8.88. The zero-order chi connectivity index (χ0) is 11.1. The van der Waals surface area contributed by atoms with Gasteiger partial charge >= 0.3 is 0 Å². The average molecular weight is 206 g/mol. The highest BCUT2D eigenvalue weighted by atomic mass is 16.7. The molecule has 0 aliphatic rings. The predicted molar refractivity (Wildman–Crippen MR) is 54.9 cm³/mol. The van der Waals surface area contributed by atoms with Crippen LogP contribution in [0.5, 0.6) is 0 Å². The molecular weight excluding hydrogens is 192 g/mol. The molecular formula is C11H14N2O2. The van der Waals surface area contributed by atoms with Crippen molar-refractivity contribution in [3.05, 3.63) is 30.1 Å². The van der Waals surface area contributed by atoms with Crippen LogP contribution in [-0.2, 0) is 15.9 Å². The van der Waals surface area contributed by atoms with Crippen molar-refractivity contribution >= 4 is 0 Å². The molecule has 4 nitrogen and oxygen atoms in total. The number of hydrogen-bond acceptors (Lipinski definition) is 4. The molecule has 0 bridgehead atoms. The van der Waals surface area contributed by atoms with E-state index in [1.807, 2.05) is 18.2 Å². The fraction of sp³-hybridized carbons (Fsp3) is 0.455. The van der Waals surface area contributed by atoms with Crippen LogP contribution < -0.4 is 0 Å². The molecule has 1 unspecified atom stereocenters. The number of rotatable bonds is 5. The molecule has 4 heteroatoms. The van der Waals surface area contributed by atoms with Gasteiger partial charge in [0.05, 0.1) is 6.07 Å². The van der Waals surface area contributed by atoms with E-state index in [1.165, 1.54) is 14.2 Å². The Kier molecular flexibility index (Phi) is 4.75. The number of nitrogens with zero attached hydrogens (tertiary/aromatic N) is 2. The van der Waals surface area contributed by atoms with Crippen molar-refractivity contribution in [1.82, 2.24) is 4.98 Å². The highest BCUT2D eigenvalue weighted by Crippen LogP contribution is 2.12. The lowest BCUT2D eigenvalue weighted by molar-refractivity contribution is -0.124. The van der Waals surface area contributed by atoms with Gasteiger partial charge in [-0.3, -0.25) is 4.98 Å². The summed E-state index contributed by atoms with van der Waals surface area (Å²) in [6.07, 6.45) is 1.74. The van der Waals surface area contributed by atoms with Crippen LogP contribution >= 0.6 is 0 Å². The van der Waals surface area contributed by atoms with Crippen LogP contribution in [0, 0.1) is 17.2 Å². The van der Waals surface area contributed by atoms with E-state index in [0.717, 1.165) is 5.69 Å².